The van der Waals surface area contributed by atoms with Gasteiger partial charge in [-0.3, -0.25) is 9.59 Å². The smallest absolute Gasteiger partial charge is 0.263 e. The van der Waals surface area contributed by atoms with E-state index in [2.05, 4.69) is 0 Å². The summed E-state index contributed by atoms with van der Waals surface area (Å²) in [5.41, 5.74) is 0. The van der Waals surface area contributed by atoms with E-state index in [0.29, 0.717) is 38.3 Å². The number of thiophene rings is 1. The molecule has 0 aliphatic carbocycles. The molecule has 27 heavy (non-hydrogen) atoms. The molecule has 1 aromatic heterocycles. The average molecular weight is 388 g/mol. The number of rotatable bonds is 5. The second-order valence-electron chi connectivity index (χ2n) is 6.57. The second-order valence-corrected chi connectivity index (χ2v) is 7.60. The number of phenols is 1. The van der Waals surface area contributed by atoms with E-state index in [9.17, 15) is 14.7 Å². The molecular weight excluding hydrogens is 364 g/mol. The molecule has 1 aliphatic heterocycles. The highest BCUT2D eigenvalue weighted by Crippen LogP contribution is 2.18. The van der Waals surface area contributed by atoms with Crippen LogP contribution < -0.4 is 4.74 Å². The second kappa shape index (κ2) is 8.90. The van der Waals surface area contributed by atoms with Gasteiger partial charge in [0.15, 0.2) is 6.10 Å². The van der Waals surface area contributed by atoms with Gasteiger partial charge in [-0.1, -0.05) is 6.07 Å². The lowest BCUT2D eigenvalue weighted by Crippen LogP contribution is -2.43. The fourth-order valence-electron chi connectivity index (χ4n) is 3.10. The Balaban J connectivity index is 1.52. The van der Waals surface area contributed by atoms with E-state index in [0.717, 1.165) is 11.3 Å². The maximum absolute atomic E-state index is 12.7. The summed E-state index contributed by atoms with van der Waals surface area (Å²) in [5, 5.41) is 11.3. The van der Waals surface area contributed by atoms with Crippen LogP contribution in [0.2, 0.25) is 0 Å². The minimum atomic E-state index is -0.622. The molecule has 1 aliphatic rings. The standard InChI is InChI=1S/C20H24N2O4S/c1-15(26-17-7-5-16(23)6-8-17)20(25)22-10-3-9-21(11-12-22)19(24)14-18-4-2-13-27-18/h2,4-8,13,15,23H,3,9-12,14H2,1H3. The van der Waals surface area contributed by atoms with Crippen LogP contribution in [-0.4, -0.2) is 59.0 Å². The predicted octanol–water partition coefficient (Wildman–Crippen LogP) is 2.52. The Kier molecular flexibility index (Phi) is 6.34. The molecule has 144 valence electrons. The van der Waals surface area contributed by atoms with E-state index < -0.39 is 6.10 Å². The number of hydrogen-bond acceptors (Lipinski definition) is 5. The van der Waals surface area contributed by atoms with Crippen molar-refractivity contribution in [3.05, 3.63) is 46.7 Å². The van der Waals surface area contributed by atoms with Crippen molar-refractivity contribution in [3.8, 4) is 11.5 Å². The van der Waals surface area contributed by atoms with Crippen molar-refractivity contribution in [3.63, 3.8) is 0 Å². The maximum atomic E-state index is 12.7. The van der Waals surface area contributed by atoms with Crippen molar-refractivity contribution < 1.29 is 19.4 Å². The molecule has 1 fully saturated rings. The summed E-state index contributed by atoms with van der Waals surface area (Å²) in [7, 11) is 0. The molecule has 2 aromatic rings. The van der Waals surface area contributed by atoms with Gasteiger partial charge >= 0.3 is 0 Å². The number of aromatic hydroxyl groups is 1. The predicted molar refractivity (Wildman–Crippen MR) is 104 cm³/mol. The molecule has 2 amide bonds. The lowest BCUT2D eigenvalue weighted by atomic mass is 10.3. The van der Waals surface area contributed by atoms with Crippen molar-refractivity contribution in [2.75, 3.05) is 26.2 Å². The summed E-state index contributed by atoms with van der Waals surface area (Å²) in [6.07, 6.45) is 0.558. The normalized spacial score (nSPS) is 15.9. The lowest BCUT2D eigenvalue weighted by Gasteiger charge is -2.25. The van der Waals surface area contributed by atoms with Gasteiger partial charge < -0.3 is 19.6 Å². The summed E-state index contributed by atoms with van der Waals surface area (Å²) in [6, 6.07) is 10.2. The van der Waals surface area contributed by atoms with Crippen LogP contribution in [0.5, 0.6) is 11.5 Å². The lowest BCUT2D eigenvalue weighted by molar-refractivity contribution is -0.138. The Morgan fingerprint density at radius 1 is 1.11 bits per heavy atom. The molecule has 1 unspecified atom stereocenters. The molecule has 2 heterocycles. The Labute approximate surface area is 163 Å². The third kappa shape index (κ3) is 5.23. The molecule has 0 bridgehead atoms. The third-order valence-corrected chi connectivity index (χ3v) is 5.44. The van der Waals surface area contributed by atoms with Crippen molar-refractivity contribution in [1.29, 1.82) is 0 Å². The topological polar surface area (TPSA) is 70.1 Å². The van der Waals surface area contributed by atoms with Crippen LogP contribution in [0.25, 0.3) is 0 Å². The highest BCUT2D eigenvalue weighted by molar-refractivity contribution is 7.10. The Hall–Kier alpha value is -2.54. The molecule has 3 rings (SSSR count). The monoisotopic (exact) mass is 388 g/mol. The van der Waals surface area contributed by atoms with Gasteiger partial charge in [-0.05, 0) is 49.1 Å². The van der Waals surface area contributed by atoms with E-state index in [1.165, 1.54) is 12.1 Å². The number of carbonyl (C=O) groups is 2. The molecule has 7 heteroatoms. The zero-order valence-electron chi connectivity index (χ0n) is 15.3. The van der Waals surface area contributed by atoms with Gasteiger partial charge in [0.2, 0.25) is 5.91 Å². The highest BCUT2D eigenvalue weighted by atomic mass is 32.1. The number of benzene rings is 1. The first kappa shape index (κ1) is 19.2. The highest BCUT2D eigenvalue weighted by Gasteiger charge is 2.26. The van der Waals surface area contributed by atoms with Gasteiger partial charge in [-0.15, -0.1) is 11.3 Å². The van der Waals surface area contributed by atoms with Gasteiger partial charge in [0.05, 0.1) is 6.42 Å². The third-order valence-electron chi connectivity index (χ3n) is 4.56. The van der Waals surface area contributed by atoms with E-state index in [1.54, 1.807) is 35.3 Å². The first-order valence-electron chi connectivity index (χ1n) is 9.07. The Morgan fingerprint density at radius 2 is 1.81 bits per heavy atom. The van der Waals surface area contributed by atoms with E-state index in [-0.39, 0.29) is 17.6 Å². The van der Waals surface area contributed by atoms with Crippen LogP contribution in [0.4, 0.5) is 0 Å². The Bertz CT molecular complexity index is 761. The molecular formula is C20H24N2O4S. The number of nitrogens with zero attached hydrogens (tertiary/aromatic N) is 2. The fourth-order valence-corrected chi connectivity index (χ4v) is 3.79. The quantitative estimate of drug-likeness (QED) is 0.855. The van der Waals surface area contributed by atoms with E-state index >= 15 is 0 Å². The molecule has 1 atom stereocenters. The van der Waals surface area contributed by atoms with Crippen LogP contribution >= 0.6 is 11.3 Å². The van der Waals surface area contributed by atoms with Crippen molar-refractivity contribution in [2.45, 2.75) is 25.9 Å². The van der Waals surface area contributed by atoms with Crippen LogP contribution in [0.1, 0.15) is 18.2 Å². The number of amides is 2. The van der Waals surface area contributed by atoms with Crippen LogP contribution in [0.3, 0.4) is 0 Å². The largest absolute Gasteiger partial charge is 0.508 e. The number of ether oxygens (including phenoxy) is 1. The maximum Gasteiger partial charge on any atom is 0.263 e. The van der Waals surface area contributed by atoms with Crippen LogP contribution in [-0.2, 0) is 16.0 Å². The Morgan fingerprint density at radius 3 is 2.52 bits per heavy atom. The van der Waals surface area contributed by atoms with Crippen LogP contribution in [0, 0.1) is 0 Å². The van der Waals surface area contributed by atoms with Crippen molar-refractivity contribution in [1.82, 2.24) is 9.80 Å². The molecule has 1 aromatic carbocycles. The van der Waals surface area contributed by atoms with Gasteiger partial charge in [0.1, 0.15) is 11.5 Å². The SMILES string of the molecule is CC(Oc1ccc(O)cc1)C(=O)N1CCCN(C(=O)Cc2cccs2)CC1. The van der Waals surface area contributed by atoms with Gasteiger partial charge in [0, 0.05) is 31.1 Å². The molecule has 6 nitrogen and oxygen atoms in total. The van der Waals surface area contributed by atoms with E-state index in [1.807, 2.05) is 22.4 Å². The van der Waals surface area contributed by atoms with Crippen molar-refractivity contribution >= 4 is 23.2 Å². The average Bonchev–Trinajstić information content (AvgIpc) is 3.04. The molecule has 0 saturated carbocycles. The first-order valence-corrected chi connectivity index (χ1v) is 9.95. The minimum absolute atomic E-state index is 0.0874. The summed E-state index contributed by atoms with van der Waals surface area (Å²) in [4.78, 5) is 29.9. The summed E-state index contributed by atoms with van der Waals surface area (Å²) in [5.74, 6) is 0.716. The summed E-state index contributed by atoms with van der Waals surface area (Å²) < 4.78 is 5.69. The van der Waals surface area contributed by atoms with Gasteiger partial charge in [-0.2, -0.15) is 0 Å². The molecule has 1 saturated heterocycles. The zero-order chi connectivity index (χ0) is 19.2. The van der Waals surface area contributed by atoms with E-state index in [4.69, 9.17) is 4.74 Å². The zero-order valence-corrected chi connectivity index (χ0v) is 16.2. The number of phenolic OH excluding ortho intramolecular Hbond substituents is 1. The number of hydrogen-bond donors (Lipinski definition) is 1. The first-order chi connectivity index (χ1) is 13.0. The summed E-state index contributed by atoms with van der Waals surface area (Å²) in [6.45, 7) is 4.06. The van der Waals surface area contributed by atoms with Crippen LogP contribution in [0.15, 0.2) is 41.8 Å². The van der Waals surface area contributed by atoms with Crippen molar-refractivity contribution in [2.24, 2.45) is 0 Å². The molecule has 0 spiro atoms. The van der Waals surface area contributed by atoms with Gasteiger partial charge in [-0.25, -0.2) is 0 Å². The molecule has 1 N–H and O–H groups in total. The fraction of sp³-hybridized carbons (Fsp3) is 0.400. The molecule has 0 radical (unpaired) electrons. The minimum Gasteiger partial charge on any atom is -0.508 e. The number of carbonyl (C=O) groups excluding carboxylic acids is 2. The van der Waals surface area contributed by atoms with Gasteiger partial charge in [0.25, 0.3) is 5.91 Å². The summed E-state index contributed by atoms with van der Waals surface area (Å²) >= 11 is 1.59.